The first-order chi connectivity index (χ1) is 5.36. The van der Waals surface area contributed by atoms with E-state index in [1.165, 1.54) is 11.3 Å². The van der Waals surface area contributed by atoms with Crippen molar-refractivity contribution in [3.8, 4) is 11.6 Å². The molecule has 0 aromatic carbocycles. The molecule has 2 rings (SSSR count). The van der Waals surface area contributed by atoms with E-state index in [0.717, 1.165) is 5.69 Å². The molecule has 0 bridgehead atoms. The molecule has 0 radical (unpaired) electrons. The second-order valence-corrected chi connectivity index (χ2v) is 3.43. The molecule has 2 aromatic heterocycles. The first-order valence-corrected chi connectivity index (χ1v) is 4.76. The van der Waals surface area contributed by atoms with Crippen molar-refractivity contribution in [1.82, 2.24) is 15.1 Å². The van der Waals surface area contributed by atoms with Gasteiger partial charge in [0.05, 0.1) is 5.51 Å². The average molecular weight is 279 g/mol. The molecular formula is C5H2IN3OS. The number of rotatable bonds is 1. The first kappa shape index (κ1) is 7.17. The molecule has 0 unspecified atom stereocenters. The number of hydrogen-bond donors (Lipinski definition) is 0. The van der Waals surface area contributed by atoms with Gasteiger partial charge in [-0.1, -0.05) is 5.16 Å². The molecule has 0 aliphatic carbocycles. The van der Waals surface area contributed by atoms with Crippen molar-refractivity contribution in [2.75, 3.05) is 0 Å². The normalized spacial score (nSPS) is 10.3. The van der Waals surface area contributed by atoms with Gasteiger partial charge in [-0.15, -0.1) is 11.3 Å². The fourth-order valence-electron chi connectivity index (χ4n) is 0.628. The molecule has 0 aliphatic rings. The summed E-state index contributed by atoms with van der Waals surface area (Å²) < 4.78 is 5.49. The molecule has 0 fully saturated rings. The summed E-state index contributed by atoms with van der Waals surface area (Å²) in [7, 11) is 0. The van der Waals surface area contributed by atoms with Crippen LogP contribution >= 0.6 is 33.9 Å². The third-order valence-electron chi connectivity index (χ3n) is 1.05. The number of thiazole rings is 1. The summed E-state index contributed by atoms with van der Waals surface area (Å²) in [6.07, 6.45) is 0. The molecule has 56 valence electrons. The first-order valence-electron chi connectivity index (χ1n) is 2.74. The van der Waals surface area contributed by atoms with Crippen LogP contribution in [0.1, 0.15) is 0 Å². The van der Waals surface area contributed by atoms with Crippen molar-refractivity contribution < 1.29 is 4.52 Å². The topological polar surface area (TPSA) is 51.8 Å². The maximum absolute atomic E-state index is 4.88. The van der Waals surface area contributed by atoms with Gasteiger partial charge in [-0.2, -0.15) is 4.98 Å². The molecule has 0 N–H and O–H groups in total. The molecule has 6 heteroatoms. The fourth-order valence-corrected chi connectivity index (χ4v) is 1.47. The Morgan fingerprint density at radius 2 is 2.45 bits per heavy atom. The van der Waals surface area contributed by atoms with Gasteiger partial charge in [-0.25, -0.2) is 4.98 Å². The molecule has 0 spiro atoms. The van der Waals surface area contributed by atoms with Crippen molar-refractivity contribution in [2.45, 2.75) is 0 Å². The van der Waals surface area contributed by atoms with E-state index in [-0.39, 0.29) is 0 Å². The van der Waals surface area contributed by atoms with E-state index in [9.17, 15) is 0 Å². The minimum atomic E-state index is 0.482. The Hall–Kier alpha value is -0.500. The molecule has 0 atom stereocenters. The van der Waals surface area contributed by atoms with Gasteiger partial charge < -0.3 is 4.52 Å². The molecule has 0 saturated heterocycles. The SMILES string of the molecule is Ic1noc(-c2cscn2)n1. The van der Waals surface area contributed by atoms with Gasteiger partial charge in [0.25, 0.3) is 5.89 Å². The van der Waals surface area contributed by atoms with E-state index in [2.05, 4.69) is 15.1 Å². The fraction of sp³-hybridized carbons (Fsp3) is 0. The predicted octanol–water partition coefficient (Wildman–Crippen LogP) is 1.80. The van der Waals surface area contributed by atoms with Crippen molar-refractivity contribution >= 4 is 33.9 Å². The number of hydrogen-bond acceptors (Lipinski definition) is 5. The molecule has 0 aliphatic heterocycles. The largest absolute Gasteiger partial charge is 0.331 e. The van der Waals surface area contributed by atoms with E-state index >= 15 is 0 Å². The standard InChI is InChI=1S/C5H2IN3OS/c6-5-8-4(10-9-5)3-1-11-2-7-3/h1-2H. The van der Waals surface area contributed by atoms with Gasteiger partial charge in [-0.05, 0) is 0 Å². The summed E-state index contributed by atoms with van der Waals surface area (Å²) in [6, 6.07) is 0. The van der Waals surface area contributed by atoms with Gasteiger partial charge in [0.2, 0.25) is 3.83 Å². The summed E-state index contributed by atoms with van der Waals surface area (Å²) in [4.78, 5) is 8.02. The van der Waals surface area contributed by atoms with E-state index < -0.39 is 0 Å². The van der Waals surface area contributed by atoms with Crippen LogP contribution in [0.25, 0.3) is 11.6 Å². The number of nitrogens with zero attached hydrogens (tertiary/aromatic N) is 3. The van der Waals surface area contributed by atoms with Crippen LogP contribution in [0.4, 0.5) is 0 Å². The molecule has 4 nitrogen and oxygen atoms in total. The van der Waals surface area contributed by atoms with Crippen LogP contribution in [-0.4, -0.2) is 15.1 Å². The Morgan fingerprint density at radius 1 is 1.55 bits per heavy atom. The monoisotopic (exact) mass is 279 g/mol. The van der Waals surface area contributed by atoms with Crippen LogP contribution in [0.15, 0.2) is 15.4 Å². The van der Waals surface area contributed by atoms with Crippen LogP contribution in [-0.2, 0) is 0 Å². The minimum absolute atomic E-state index is 0.482. The summed E-state index contributed by atoms with van der Waals surface area (Å²) in [5.41, 5.74) is 2.47. The Kier molecular flexibility index (Phi) is 1.86. The third kappa shape index (κ3) is 1.41. The number of halogens is 1. The van der Waals surface area contributed by atoms with Crippen LogP contribution < -0.4 is 0 Å². The maximum Gasteiger partial charge on any atom is 0.278 e. The molecule has 0 amide bonds. The van der Waals surface area contributed by atoms with Crippen LogP contribution in [0.3, 0.4) is 0 Å². The summed E-state index contributed by atoms with van der Waals surface area (Å²) in [5.74, 6) is 0.482. The van der Waals surface area contributed by atoms with Gasteiger partial charge in [-0.3, -0.25) is 0 Å². The Morgan fingerprint density at radius 3 is 3.00 bits per heavy atom. The lowest BCUT2D eigenvalue weighted by Gasteiger charge is -1.79. The average Bonchev–Trinajstić information content (AvgIpc) is 2.55. The Balaban J connectivity index is 2.45. The van der Waals surface area contributed by atoms with Crippen LogP contribution in [0.2, 0.25) is 0 Å². The van der Waals surface area contributed by atoms with Crippen molar-refractivity contribution in [2.24, 2.45) is 0 Å². The van der Waals surface area contributed by atoms with Crippen molar-refractivity contribution in [1.29, 1.82) is 0 Å². The molecular weight excluding hydrogens is 277 g/mol. The Bertz CT molecular complexity index is 344. The molecule has 0 saturated carbocycles. The smallest absolute Gasteiger partial charge is 0.278 e. The molecule has 11 heavy (non-hydrogen) atoms. The lowest BCUT2D eigenvalue weighted by Crippen LogP contribution is -1.75. The van der Waals surface area contributed by atoms with E-state index in [4.69, 9.17) is 4.52 Å². The lowest BCUT2D eigenvalue weighted by atomic mass is 10.5. The van der Waals surface area contributed by atoms with Crippen molar-refractivity contribution in [3.63, 3.8) is 0 Å². The maximum atomic E-state index is 4.88. The van der Waals surface area contributed by atoms with Gasteiger partial charge in [0.15, 0.2) is 0 Å². The van der Waals surface area contributed by atoms with Gasteiger partial charge in [0.1, 0.15) is 5.69 Å². The highest BCUT2D eigenvalue weighted by Crippen LogP contribution is 2.16. The van der Waals surface area contributed by atoms with Crippen molar-refractivity contribution in [3.05, 3.63) is 14.7 Å². The quantitative estimate of drug-likeness (QED) is 0.747. The third-order valence-corrected chi connectivity index (χ3v) is 2.08. The molecule has 2 aromatic rings. The summed E-state index contributed by atoms with van der Waals surface area (Å²) in [6.45, 7) is 0. The highest BCUT2D eigenvalue weighted by Gasteiger charge is 2.07. The molecule has 2 heterocycles. The second-order valence-electron chi connectivity index (χ2n) is 1.74. The van der Waals surface area contributed by atoms with Gasteiger partial charge >= 0.3 is 0 Å². The van der Waals surface area contributed by atoms with Crippen LogP contribution in [0, 0.1) is 3.83 Å². The minimum Gasteiger partial charge on any atom is -0.331 e. The van der Waals surface area contributed by atoms with E-state index in [0.29, 0.717) is 9.72 Å². The zero-order chi connectivity index (χ0) is 7.68. The van der Waals surface area contributed by atoms with E-state index in [1.807, 2.05) is 28.0 Å². The number of aromatic nitrogens is 3. The zero-order valence-corrected chi connectivity index (χ0v) is 8.16. The zero-order valence-electron chi connectivity index (χ0n) is 5.19. The second kappa shape index (κ2) is 2.86. The Labute approximate surface area is 79.8 Å². The summed E-state index contributed by atoms with van der Waals surface area (Å²) >= 11 is 3.49. The highest BCUT2D eigenvalue weighted by molar-refractivity contribution is 14.1. The van der Waals surface area contributed by atoms with Crippen LogP contribution in [0.5, 0.6) is 0 Å². The van der Waals surface area contributed by atoms with Gasteiger partial charge in [0, 0.05) is 28.0 Å². The lowest BCUT2D eigenvalue weighted by molar-refractivity contribution is 0.425. The highest BCUT2D eigenvalue weighted by atomic mass is 127. The predicted molar refractivity (Wildman–Crippen MR) is 48.1 cm³/mol. The summed E-state index contributed by atoms with van der Waals surface area (Å²) in [5, 5.41) is 5.50. The van der Waals surface area contributed by atoms with E-state index in [1.54, 1.807) is 5.51 Å².